The predicted molar refractivity (Wildman–Crippen MR) is 72.7 cm³/mol. The van der Waals surface area contributed by atoms with Crippen LogP contribution in [0.25, 0.3) is 0 Å². The Balaban J connectivity index is 2.51. The number of aromatic nitrogens is 1. The molecule has 0 radical (unpaired) electrons. The second kappa shape index (κ2) is 7.45. The summed E-state index contributed by atoms with van der Waals surface area (Å²) in [5, 5.41) is 2.68. The quantitative estimate of drug-likeness (QED) is 0.726. The van der Waals surface area contributed by atoms with Gasteiger partial charge in [0.15, 0.2) is 0 Å². The monoisotopic (exact) mass is 267 g/mol. The van der Waals surface area contributed by atoms with Crippen LogP contribution in [0.15, 0.2) is 12.3 Å². The first-order valence-electron chi connectivity index (χ1n) is 6.48. The highest BCUT2D eigenvalue weighted by Crippen LogP contribution is 2.11. The standard InChI is InChI=1S/C13H21N3O3/c1-3-7-16-9-10(14)8-11(16)13(18)15-6-5-12(17)19-4-2/h8-9H,3-7,14H2,1-2H3,(H,15,18). The van der Waals surface area contributed by atoms with Gasteiger partial charge in [-0.2, -0.15) is 0 Å². The molecular formula is C13H21N3O3. The van der Waals surface area contributed by atoms with Crippen LogP contribution in [0.3, 0.4) is 0 Å². The zero-order chi connectivity index (χ0) is 14.3. The Morgan fingerprint density at radius 3 is 2.79 bits per heavy atom. The zero-order valence-corrected chi connectivity index (χ0v) is 11.4. The molecule has 1 rings (SSSR count). The van der Waals surface area contributed by atoms with Crippen LogP contribution >= 0.6 is 0 Å². The molecule has 6 heteroatoms. The molecule has 0 aliphatic heterocycles. The topological polar surface area (TPSA) is 86.4 Å². The van der Waals surface area contributed by atoms with Gasteiger partial charge in [-0.05, 0) is 19.4 Å². The van der Waals surface area contributed by atoms with Gasteiger partial charge in [0.1, 0.15) is 5.69 Å². The molecular weight excluding hydrogens is 246 g/mol. The Bertz CT molecular complexity index is 440. The number of anilines is 1. The number of rotatable bonds is 7. The summed E-state index contributed by atoms with van der Waals surface area (Å²) >= 11 is 0. The lowest BCUT2D eigenvalue weighted by molar-refractivity contribution is -0.142. The van der Waals surface area contributed by atoms with Gasteiger partial charge in [-0.15, -0.1) is 0 Å². The average Bonchev–Trinajstić information content (AvgIpc) is 2.71. The van der Waals surface area contributed by atoms with Crippen molar-refractivity contribution in [2.45, 2.75) is 33.2 Å². The van der Waals surface area contributed by atoms with Crippen LogP contribution in [0.2, 0.25) is 0 Å². The highest BCUT2D eigenvalue weighted by Gasteiger charge is 2.12. The highest BCUT2D eigenvalue weighted by molar-refractivity contribution is 5.94. The van der Waals surface area contributed by atoms with E-state index in [9.17, 15) is 9.59 Å². The summed E-state index contributed by atoms with van der Waals surface area (Å²) in [7, 11) is 0. The summed E-state index contributed by atoms with van der Waals surface area (Å²) in [5.74, 6) is -0.541. The number of amides is 1. The number of ether oxygens (including phenoxy) is 1. The molecule has 0 aromatic carbocycles. The molecule has 0 aliphatic rings. The Labute approximate surface area is 112 Å². The number of aryl methyl sites for hydroxylation is 1. The smallest absolute Gasteiger partial charge is 0.307 e. The van der Waals surface area contributed by atoms with Crippen molar-refractivity contribution < 1.29 is 14.3 Å². The molecule has 3 N–H and O–H groups in total. The van der Waals surface area contributed by atoms with E-state index in [1.807, 2.05) is 11.5 Å². The van der Waals surface area contributed by atoms with Crippen molar-refractivity contribution in [2.24, 2.45) is 0 Å². The minimum absolute atomic E-state index is 0.170. The number of carbonyl (C=O) groups excluding carboxylic acids is 2. The lowest BCUT2D eigenvalue weighted by Gasteiger charge is -2.08. The third kappa shape index (κ3) is 4.65. The van der Waals surface area contributed by atoms with Gasteiger partial charge in [-0.1, -0.05) is 6.92 Å². The number of carbonyl (C=O) groups is 2. The van der Waals surface area contributed by atoms with E-state index >= 15 is 0 Å². The first-order chi connectivity index (χ1) is 9.08. The zero-order valence-electron chi connectivity index (χ0n) is 11.4. The third-order valence-corrected chi connectivity index (χ3v) is 2.53. The van der Waals surface area contributed by atoms with Gasteiger partial charge in [0.25, 0.3) is 5.91 Å². The Hall–Kier alpha value is -1.98. The van der Waals surface area contributed by atoms with Crippen LogP contribution in [0.1, 0.15) is 37.2 Å². The first-order valence-corrected chi connectivity index (χ1v) is 6.48. The van der Waals surface area contributed by atoms with Gasteiger partial charge in [0.05, 0.1) is 18.7 Å². The molecule has 0 unspecified atom stereocenters. The maximum atomic E-state index is 12.0. The number of esters is 1. The van der Waals surface area contributed by atoms with Crippen molar-refractivity contribution in [1.29, 1.82) is 0 Å². The van der Waals surface area contributed by atoms with Crippen molar-refractivity contribution in [1.82, 2.24) is 9.88 Å². The number of nitrogens with zero attached hydrogens (tertiary/aromatic N) is 1. The van der Waals surface area contributed by atoms with Crippen LogP contribution in [-0.2, 0) is 16.1 Å². The fourth-order valence-electron chi connectivity index (χ4n) is 1.75. The Morgan fingerprint density at radius 2 is 2.16 bits per heavy atom. The minimum Gasteiger partial charge on any atom is -0.466 e. The predicted octanol–water partition coefficient (Wildman–Crippen LogP) is 1.16. The van der Waals surface area contributed by atoms with E-state index in [-0.39, 0.29) is 24.8 Å². The van der Waals surface area contributed by atoms with Crippen molar-refractivity contribution in [3.63, 3.8) is 0 Å². The van der Waals surface area contributed by atoms with Crippen LogP contribution in [-0.4, -0.2) is 29.6 Å². The van der Waals surface area contributed by atoms with E-state index in [0.29, 0.717) is 18.0 Å². The van der Waals surface area contributed by atoms with Gasteiger partial charge in [0.2, 0.25) is 0 Å². The molecule has 0 bridgehead atoms. The van der Waals surface area contributed by atoms with Crippen LogP contribution in [0.5, 0.6) is 0 Å². The van der Waals surface area contributed by atoms with Crippen molar-refractivity contribution in [2.75, 3.05) is 18.9 Å². The van der Waals surface area contributed by atoms with E-state index in [1.165, 1.54) is 0 Å². The molecule has 0 aliphatic carbocycles. The van der Waals surface area contributed by atoms with Crippen LogP contribution in [0.4, 0.5) is 5.69 Å². The van der Waals surface area contributed by atoms with E-state index in [4.69, 9.17) is 10.5 Å². The molecule has 1 amide bonds. The summed E-state index contributed by atoms with van der Waals surface area (Å²) in [4.78, 5) is 23.1. The maximum absolute atomic E-state index is 12.0. The Kier molecular flexibility index (Phi) is 5.92. The summed E-state index contributed by atoms with van der Waals surface area (Å²) in [6.07, 6.45) is 2.82. The van der Waals surface area contributed by atoms with Gasteiger partial charge >= 0.3 is 5.97 Å². The van der Waals surface area contributed by atoms with Crippen LogP contribution < -0.4 is 11.1 Å². The summed E-state index contributed by atoms with van der Waals surface area (Å²) < 4.78 is 6.59. The van der Waals surface area contributed by atoms with E-state index in [0.717, 1.165) is 13.0 Å². The van der Waals surface area contributed by atoms with E-state index in [1.54, 1.807) is 19.2 Å². The first kappa shape index (κ1) is 15.1. The second-order valence-electron chi connectivity index (χ2n) is 4.16. The van der Waals surface area contributed by atoms with Gasteiger partial charge in [-0.3, -0.25) is 9.59 Å². The summed E-state index contributed by atoms with van der Waals surface area (Å²) in [6.45, 7) is 5.12. The minimum atomic E-state index is -0.314. The number of hydrogen-bond acceptors (Lipinski definition) is 4. The lowest BCUT2D eigenvalue weighted by Crippen LogP contribution is -2.28. The fraction of sp³-hybridized carbons (Fsp3) is 0.538. The normalized spacial score (nSPS) is 10.2. The fourth-order valence-corrected chi connectivity index (χ4v) is 1.75. The van der Waals surface area contributed by atoms with Gasteiger partial charge in [0, 0.05) is 19.3 Å². The Morgan fingerprint density at radius 1 is 1.42 bits per heavy atom. The number of nitrogen functional groups attached to an aromatic ring is 1. The maximum Gasteiger partial charge on any atom is 0.307 e. The highest BCUT2D eigenvalue weighted by atomic mass is 16.5. The SMILES string of the molecule is CCCn1cc(N)cc1C(=O)NCCC(=O)OCC. The second-order valence-corrected chi connectivity index (χ2v) is 4.16. The molecule has 0 fully saturated rings. The number of nitrogens with one attached hydrogen (secondary N) is 1. The van der Waals surface area contributed by atoms with Crippen LogP contribution in [0, 0.1) is 0 Å². The van der Waals surface area contributed by atoms with Crippen molar-refractivity contribution in [3.05, 3.63) is 18.0 Å². The molecule has 6 nitrogen and oxygen atoms in total. The number of hydrogen-bond donors (Lipinski definition) is 2. The molecule has 0 saturated heterocycles. The molecule has 19 heavy (non-hydrogen) atoms. The van der Waals surface area contributed by atoms with Gasteiger partial charge in [-0.25, -0.2) is 0 Å². The average molecular weight is 267 g/mol. The molecule has 1 aromatic heterocycles. The molecule has 1 aromatic rings. The molecule has 1 heterocycles. The van der Waals surface area contributed by atoms with Crippen molar-refractivity contribution >= 4 is 17.6 Å². The van der Waals surface area contributed by atoms with E-state index in [2.05, 4.69) is 5.32 Å². The summed E-state index contributed by atoms with van der Waals surface area (Å²) in [6, 6.07) is 1.63. The molecule has 106 valence electrons. The van der Waals surface area contributed by atoms with Gasteiger partial charge < -0.3 is 20.4 Å². The molecule has 0 saturated carbocycles. The molecule has 0 atom stereocenters. The number of nitrogens with two attached hydrogens (primary N) is 1. The summed E-state index contributed by atoms with van der Waals surface area (Å²) in [5.41, 5.74) is 6.77. The largest absolute Gasteiger partial charge is 0.466 e. The lowest BCUT2D eigenvalue weighted by atomic mass is 10.3. The van der Waals surface area contributed by atoms with E-state index < -0.39 is 0 Å². The third-order valence-electron chi connectivity index (χ3n) is 2.53. The molecule has 0 spiro atoms. The van der Waals surface area contributed by atoms with Crippen molar-refractivity contribution in [3.8, 4) is 0 Å².